The van der Waals surface area contributed by atoms with Crippen LogP contribution < -0.4 is 0 Å². The molecule has 6 heteroatoms. The highest BCUT2D eigenvalue weighted by molar-refractivity contribution is 5.94. The fourth-order valence-corrected chi connectivity index (χ4v) is 4.04. The SMILES string of the molecule is CN(C)C[C@H]1CN(C(=O)c2ccc(F)c(F)c2)CC12CCOCC2. The highest BCUT2D eigenvalue weighted by atomic mass is 19.2. The van der Waals surface area contributed by atoms with E-state index >= 15 is 0 Å². The highest BCUT2D eigenvalue weighted by Crippen LogP contribution is 2.44. The number of carbonyl (C=O) groups excluding carboxylic acids is 1. The molecule has 0 bridgehead atoms. The van der Waals surface area contributed by atoms with Crippen LogP contribution in [0.1, 0.15) is 23.2 Å². The summed E-state index contributed by atoms with van der Waals surface area (Å²) in [5, 5.41) is 0. The molecule has 2 heterocycles. The second kappa shape index (κ2) is 6.76. The smallest absolute Gasteiger partial charge is 0.253 e. The maximum atomic E-state index is 13.5. The summed E-state index contributed by atoms with van der Waals surface area (Å²) in [5.74, 6) is -1.77. The van der Waals surface area contributed by atoms with Crippen molar-refractivity contribution >= 4 is 5.91 Å². The Bertz CT molecular complexity index is 615. The Morgan fingerprint density at radius 1 is 1.29 bits per heavy atom. The van der Waals surface area contributed by atoms with Gasteiger partial charge in [0.2, 0.25) is 0 Å². The quantitative estimate of drug-likeness (QED) is 0.848. The monoisotopic (exact) mass is 338 g/mol. The summed E-state index contributed by atoms with van der Waals surface area (Å²) in [7, 11) is 4.07. The Labute approximate surface area is 141 Å². The summed E-state index contributed by atoms with van der Waals surface area (Å²) in [6, 6.07) is 3.37. The Morgan fingerprint density at radius 2 is 2.00 bits per heavy atom. The predicted octanol–water partition coefficient (Wildman–Crippen LogP) is 2.40. The topological polar surface area (TPSA) is 32.8 Å². The summed E-state index contributed by atoms with van der Waals surface area (Å²) in [4.78, 5) is 16.7. The van der Waals surface area contributed by atoms with Gasteiger partial charge in [-0.05, 0) is 56.5 Å². The predicted molar refractivity (Wildman–Crippen MR) is 86.8 cm³/mol. The van der Waals surface area contributed by atoms with Crippen molar-refractivity contribution in [2.45, 2.75) is 12.8 Å². The van der Waals surface area contributed by atoms with Gasteiger partial charge in [-0.15, -0.1) is 0 Å². The van der Waals surface area contributed by atoms with Crippen LogP contribution in [0.15, 0.2) is 18.2 Å². The fourth-order valence-electron chi connectivity index (χ4n) is 4.04. The zero-order valence-corrected chi connectivity index (χ0v) is 14.2. The van der Waals surface area contributed by atoms with Crippen molar-refractivity contribution in [1.29, 1.82) is 0 Å². The molecule has 3 rings (SSSR count). The Hall–Kier alpha value is -1.53. The van der Waals surface area contributed by atoms with Crippen molar-refractivity contribution < 1.29 is 18.3 Å². The van der Waals surface area contributed by atoms with Crippen LogP contribution in [0.2, 0.25) is 0 Å². The minimum atomic E-state index is -0.981. The average Bonchev–Trinajstić information content (AvgIpc) is 2.87. The first-order chi connectivity index (χ1) is 11.4. The van der Waals surface area contributed by atoms with Crippen LogP contribution in [0.3, 0.4) is 0 Å². The van der Waals surface area contributed by atoms with E-state index < -0.39 is 11.6 Å². The van der Waals surface area contributed by atoms with Crippen LogP contribution in [0.25, 0.3) is 0 Å². The molecular formula is C18H24F2N2O2. The summed E-state index contributed by atoms with van der Waals surface area (Å²) in [6.07, 6.45) is 1.88. The molecule has 1 amide bonds. The number of ether oxygens (including phenoxy) is 1. The van der Waals surface area contributed by atoms with Crippen molar-refractivity contribution in [3.63, 3.8) is 0 Å². The lowest BCUT2D eigenvalue weighted by atomic mass is 9.72. The number of halogens is 2. The van der Waals surface area contributed by atoms with Gasteiger partial charge < -0.3 is 14.5 Å². The Balaban J connectivity index is 1.81. The molecule has 1 aromatic carbocycles. The lowest BCUT2D eigenvalue weighted by Crippen LogP contribution is -2.40. The summed E-state index contributed by atoms with van der Waals surface area (Å²) in [5.41, 5.74) is 0.276. The second-order valence-corrected chi connectivity index (χ2v) is 7.25. The van der Waals surface area contributed by atoms with E-state index in [1.807, 2.05) is 14.1 Å². The summed E-state index contributed by atoms with van der Waals surface area (Å²) < 4.78 is 32.1. The number of benzene rings is 1. The first-order valence-electron chi connectivity index (χ1n) is 8.38. The van der Waals surface area contributed by atoms with Crippen LogP contribution >= 0.6 is 0 Å². The molecule has 2 aliphatic rings. The molecule has 0 saturated carbocycles. The number of carbonyl (C=O) groups is 1. The van der Waals surface area contributed by atoms with Crippen LogP contribution in [0, 0.1) is 23.0 Å². The van der Waals surface area contributed by atoms with E-state index in [1.54, 1.807) is 4.90 Å². The third-order valence-electron chi connectivity index (χ3n) is 5.34. The first-order valence-corrected chi connectivity index (χ1v) is 8.38. The van der Waals surface area contributed by atoms with Gasteiger partial charge in [-0.1, -0.05) is 0 Å². The largest absolute Gasteiger partial charge is 0.381 e. The maximum absolute atomic E-state index is 13.5. The molecule has 24 heavy (non-hydrogen) atoms. The van der Waals surface area contributed by atoms with Crippen molar-refractivity contribution in [1.82, 2.24) is 9.80 Å². The third-order valence-corrected chi connectivity index (χ3v) is 5.34. The van der Waals surface area contributed by atoms with E-state index in [2.05, 4.69) is 4.90 Å². The molecule has 0 aliphatic carbocycles. The van der Waals surface area contributed by atoms with E-state index in [0.29, 0.717) is 19.0 Å². The fraction of sp³-hybridized carbons (Fsp3) is 0.611. The van der Waals surface area contributed by atoms with Crippen LogP contribution in [-0.4, -0.2) is 62.7 Å². The van der Waals surface area contributed by atoms with Crippen molar-refractivity contribution in [2.75, 3.05) is 46.9 Å². The van der Waals surface area contributed by atoms with Gasteiger partial charge in [0.25, 0.3) is 5.91 Å². The molecule has 1 spiro atoms. The maximum Gasteiger partial charge on any atom is 0.253 e. The normalized spacial score (nSPS) is 23.2. The van der Waals surface area contributed by atoms with E-state index in [9.17, 15) is 13.6 Å². The molecule has 0 N–H and O–H groups in total. The number of nitrogens with zero attached hydrogens (tertiary/aromatic N) is 2. The lowest BCUT2D eigenvalue weighted by Gasteiger charge is -2.38. The van der Waals surface area contributed by atoms with Gasteiger partial charge >= 0.3 is 0 Å². The minimum absolute atomic E-state index is 0.0662. The molecule has 0 unspecified atom stereocenters. The minimum Gasteiger partial charge on any atom is -0.381 e. The Kier molecular flexibility index (Phi) is 4.88. The average molecular weight is 338 g/mol. The van der Waals surface area contributed by atoms with Crippen molar-refractivity contribution in [3.8, 4) is 0 Å². The van der Waals surface area contributed by atoms with Gasteiger partial charge in [0.15, 0.2) is 11.6 Å². The van der Waals surface area contributed by atoms with Gasteiger partial charge in [-0.2, -0.15) is 0 Å². The molecule has 2 aliphatic heterocycles. The van der Waals surface area contributed by atoms with Gasteiger partial charge in [0.1, 0.15) is 0 Å². The van der Waals surface area contributed by atoms with Gasteiger partial charge in [-0.3, -0.25) is 4.79 Å². The van der Waals surface area contributed by atoms with Crippen LogP contribution in [0.4, 0.5) is 8.78 Å². The third kappa shape index (κ3) is 3.30. The molecule has 4 nitrogen and oxygen atoms in total. The van der Waals surface area contributed by atoms with Crippen molar-refractivity contribution in [2.24, 2.45) is 11.3 Å². The lowest BCUT2D eigenvalue weighted by molar-refractivity contribution is -0.00451. The summed E-state index contributed by atoms with van der Waals surface area (Å²) >= 11 is 0. The molecule has 2 fully saturated rings. The van der Waals surface area contributed by atoms with Gasteiger partial charge in [0, 0.05) is 38.4 Å². The molecule has 0 radical (unpaired) electrons. The molecule has 1 aromatic rings. The van der Waals surface area contributed by atoms with E-state index in [4.69, 9.17) is 4.74 Å². The van der Waals surface area contributed by atoms with Crippen LogP contribution in [0.5, 0.6) is 0 Å². The zero-order chi connectivity index (χ0) is 17.3. The molecule has 1 atom stereocenters. The second-order valence-electron chi connectivity index (χ2n) is 7.25. The Morgan fingerprint density at radius 3 is 2.62 bits per heavy atom. The zero-order valence-electron chi connectivity index (χ0n) is 14.2. The highest BCUT2D eigenvalue weighted by Gasteiger charge is 2.48. The number of likely N-dealkylation sites (tertiary alicyclic amines) is 1. The standard InChI is InChI=1S/C18H24F2N2O2/c1-21(2)10-14-11-22(12-18(14)5-7-24-8-6-18)17(23)13-3-4-15(19)16(20)9-13/h3-4,9,14H,5-8,10-12H2,1-2H3/t14-/m0/s1. The van der Waals surface area contributed by atoms with Crippen molar-refractivity contribution in [3.05, 3.63) is 35.4 Å². The van der Waals surface area contributed by atoms with E-state index in [-0.39, 0.29) is 16.9 Å². The van der Waals surface area contributed by atoms with Gasteiger partial charge in [0.05, 0.1) is 0 Å². The number of rotatable bonds is 3. The molecular weight excluding hydrogens is 314 g/mol. The van der Waals surface area contributed by atoms with E-state index in [1.165, 1.54) is 6.07 Å². The number of hydrogen-bond acceptors (Lipinski definition) is 3. The van der Waals surface area contributed by atoms with E-state index in [0.717, 1.165) is 44.7 Å². The van der Waals surface area contributed by atoms with Crippen LogP contribution in [-0.2, 0) is 4.74 Å². The van der Waals surface area contributed by atoms with Gasteiger partial charge in [-0.25, -0.2) is 8.78 Å². The summed E-state index contributed by atoms with van der Waals surface area (Å²) in [6.45, 7) is 3.65. The first kappa shape index (κ1) is 17.3. The number of hydrogen-bond donors (Lipinski definition) is 0. The molecule has 2 saturated heterocycles. The molecule has 0 aromatic heterocycles. The molecule has 132 valence electrons. The number of amides is 1.